The Morgan fingerprint density at radius 2 is 1.67 bits per heavy atom. The van der Waals surface area contributed by atoms with E-state index < -0.39 is 65.6 Å². The normalized spacial score (nSPS) is 17.4. The summed E-state index contributed by atoms with van der Waals surface area (Å²) in [6.45, 7) is 1.94. The van der Waals surface area contributed by atoms with Crippen LogP contribution >= 0.6 is 0 Å². The molecule has 1 aliphatic carbocycles. The van der Waals surface area contributed by atoms with Crippen molar-refractivity contribution in [2.24, 2.45) is 0 Å². The average Bonchev–Trinajstić information content (AvgIpc) is 3.13. The molecular formula is C28H29F6N5O6. The molecule has 0 unspecified atom stereocenters. The van der Waals surface area contributed by atoms with E-state index in [0.717, 1.165) is 30.2 Å². The monoisotopic (exact) mass is 645 g/mol. The van der Waals surface area contributed by atoms with Gasteiger partial charge in [-0.1, -0.05) is 19.3 Å². The Balaban J connectivity index is 1.75. The van der Waals surface area contributed by atoms with E-state index in [9.17, 15) is 45.5 Å². The third-order valence-electron chi connectivity index (χ3n) is 7.34. The lowest BCUT2D eigenvalue weighted by molar-refractivity contribution is -0.274. The van der Waals surface area contributed by atoms with Crippen LogP contribution in [0.2, 0.25) is 0 Å². The highest BCUT2D eigenvalue weighted by atomic mass is 19.4. The molecule has 0 bridgehead atoms. The minimum absolute atomic E-state index is 0.0442. The SMILES string of the molecule is CC1(C)C(=O)N(c2cc(N(OC(=O)C(F)(F)F)C(=O)CNC3CCCCC3)ccc2OC(F)(F)F)C(=O)N1Cc1ccncc1. The minimum atomic E-state index is -5.55. The number of nitrogens with zero attached hydrogens (tertiary/aromatic N) is 4. The second kappa shape index (κ2) is 12.9. The number of benzene rings is 1. The van der Waals surface area contributed by atoms with E-state index in [1.165, 1.54) is 26.2 Å². The van der Waals surface area contributed by atoms with Crippen LogP contribution in [0.3, 0.4) is 0 Å². The predicted octanol–water partition coefficient (Wildman–Crippen LogP) is 5.00. The number of pyridine rings is 1. The first-order valence-electron chi connectivity index (χ1n) is 13.8. The molecule has 2 fully saturated rings. The van der Waals surface area contributed by atoms with Crippen molar-refractivity contribution in [3.63, 3.8) is 0 Å². The van der Waals surface area contributed by atoms with E-state index in [-0.39, 0.29) is 17.6 Å². The van der Waals surface area contributed by atoms with E-state index in [2.05, 4.69) is 19.9 Å². The van der Waals surface area contributed by atoms with Gasteiger partial charge in [-0.3, -0.25) is 14.6 Å². The van der Waals surface area contributed by atoms with Crippen LogP contribution in [0.15, 0.2) is 42.7 Å². The molecule has 2 heterocycles. The van der Waals surface area contributed by atoms with Crippen molar-refractivity contribution in [2.45, 2.75) is 76.6 Å². The molecule has 2 aromatic rings. The summed E-state index contributed by atoms with van der Waals surface area (Å²) in [5, 5.41) is 2.84. The third kappa shape index (κ3) is 7.82. The molecule has 0 spiro atoms. The first kappa shape index (κ1) is 33.5. The van der Waals surface area contributed by atoms with Crippen molar-refractivity contribution < 1.29 is 55.1 Å². The van der Waals surface area contributed by atoms with Crippen molar-refractivity contribution in [3.8, 4) is 5.75 Å². The summed E-state index contributed by atoms with van der Waals surface area (Å²) >= 11 is 0. The highest BCUT2D eigenvalue weighted by Crippen LogP contribution is 2.42. The quantitative estimate of drug-likeness (QED) is 0.242. The van der Waals surface area contributed by atoms with E-state index in [1.54, 1.807) is 12.1 Å². The van der Waals surface area contributed by atoms with Crippen molar-refractivity contribution >= 4 is 35.2 Å². The molecule has 11 nitrogen and oxygen atoms in total. The molecule has 1 aromatic heterocycles. The first-order chi connectivity index (χ1) is 21.0. The van der Waals surface area contributed by atoms with E-state index in [4.69, 9.17) is 0 Å². The van der Waals surface area contributed by atoms with Gasteiger partial charge in [0.05, 0.1) is 17.9 Å². The molecule has 0 atom stereocenters. The van der Waals surface area contributed by atoms with Gasteiger partial charge in [0.1, 0.15) is 5.54 Å². The fourth-order valence-corrected chi connectivity index (χ4v) is 4.99. The van der Waals surface area contributed by atoms with Crippen molar-refractivity contribution in [2.75, 3.05) is 16.5 Å². The zero-order chi connectivity index (χ0) is 33.2. The molecule has 244 valence electrons. The molecule has 1 aliphatic heterocycles. The molecule has 45 heavy (non-hydrogen) atoms. The molecule has 2 aliphatic rings. The van der Waals surface area contributed by atoms with Gasteiger partial charge in [-0.15, -0.1) is 18.2 Å². The maximum Gasteiger partial charge on any atom is 0.573 e. The van der Waals surface area contributed by atoms with Crippen LogP contribution < -0.4 is 20.0 Å². The number of ether oxygens (including phenoxy) is 1. The molecule has 1 N–H and O–H groups in total. The number of imide groups is 1. The predicted molar refractivity (Wildman–Crippen MR) is 144 cm³/mol. The van der Waals surface area contributed by atoms with Gasteiger partial charge >= 0.3 is 24.5 Å². The van der Waals surface area contributed by atoms with Crippen LogP contribution in [0.4, 0.5) is 42.5 Å². The lowest BCUT2D eigenvalue weighted by Crippen LogP contribution is -2.45. The van der Waals surface area contributed by atoms with E-state index in [1.807, 2.05) is 0 Å². The number of rotatable bonds is 8. The summed E-state index contributed by atoms with van der Waals surface area (Å²) < 4.78 is 83.7. The Morgan fingerprint density at radius 1 is 1.02 bits per heavy atom. The Morgan fingerprint density at radius 3 is 2.27 bits per heavy atom. The summed E-state index contributed by atoms with van der Waals surface area (Å²) in [6, 6.07) is 3.81. The van der Waals surface area contributed by atoms with Gasteiger partial charge in [0.2, 0.25) is 0 Å². The van der Waals surface area contributed by atoms with Crippen molar-refractivity contribution in [1.29, 1.82) is 0 Å². The zero-order valence-electron chi connectivity index (χ0n) is 24.1. The van der Waals surface area contributed by atoms with Gasteiger partial charge in [-0.25, -0.2) is 14.5 Å². The smallest absolute Gasteiger partial charge is 0.404 e. The Hall–Kier alpha value is -4.41. The minimum Gasteiger partial charge on any atom is -0.404 e. The second-order valence-electron chi connectivity index (χ2n) is 10.9. The van der Waals surface area contributed by atoms with E-state index >= 15 is 0 Å². The number of hydroxylamine groups is 1. The Kier molecular flexibility index (Phi) is 9.60. The molecule has 17 heteroatoms. The number of hydrogen-bond acceptors (Lipinski definition) is 8. The Bertz CT molecular complexity index is 1430. The van der Waals surface area contributed by atoms with Crippen molar-refractivity contribution in [3.05, 3.63) is 48.3 Å². The topological polar surface area (TPSA) is 121 Å². The van der Waals surface area contributed by atoms with Gasteiger partial charge in [0, 0.05) is 25.0 Å². The standard InChI is InChI=1S/C28H29F6N5O6/c1-26(2)23(41)38(25(43)37(26)16-17-10-12-35-13-11-17)20-14-19(8-9-21(20)44-28(32,33)34)39(45-24(42)27(29,30)31)22(40)15-36-18-6-4-3-5-7-18/h8-14,18,36H,3-7,15-16H2,1-2H3. The van der Waals surface area contributed by atoms with Crippen LogP contribution in [-0.2, 0) is 25.8 Å². The number of alkyl halides is 6. The number of nitrogens with one attached hydrogen (secondary N) is 1. The molecule has 4 amide bonds. The number of carbonyl (C=O) groups is 4. The third-order valence-corrected chi connectivity index (χ3v) is 7.34. The average molecular weight is 646 g/mol. The number of anilines is 2. The molecular weight excluding hydrogens is 616 g/mol. The van der Waals surface area contributed by atoms with Gasteiger partial charge in [0.25, 0.3) is 11.8 Å². The number of amides is 4. The maximum absolute atomic E-state index is 13.6. The zero-order valence-corrected chi connectivity index (χ0v) is 24.1. The number of halogens is 6. The van der Waals surface area contributed by atoms with Crippen molar-refractivity contribution in [1.82, 2.24) is 15.2 Å². The molecule has 4 rings (SSSR count). The molecule has 0 radical (unpaired) electrons. The Labute approximate surface area is 253 Å². The fraction of sp³-hybridized carbons (Fsp3) is 0.464. The highest BCUT2D eigenvalue weighted by molar-refractivity contribution is 6.23. The van der Waals surface area contributed by atoms with Crippen LogP contribution in [0.5, 0.6) is 5.75 Å². The van der Waals surface area contributed by atoms with Crippen LogP contribution in [0.1, 0.15) is 51.5 Å². The fourth-order valence-electron chi connectivity index (χ4n) is 4.99. The summed E-state index contributed by atoms with van der Waals surface area (Å²) in [5.41, 5.74) is -2.62. The molecule has 1 saturated heterocycles. The number of urea groups is 1. The first-order valence-corrected chi connectivity index (χ1v) is 13.8. The van der Waals surface area contributed by atoms with Crippen LogP contribution in [-0.4, -0.2) is 64.4 Å². The summed E-state index contributed by atoms with van der Waals surface area (Å²) in [6.07, 6.45) is -3.95. The summed E-state index contributed by atoms with van der Waals surface area (Å²) in [7, 11) is 0. The highest BCUT2D eigenvalue weighted by Gasteiger charge is 2.53. The lowest BCUT2D eigenvalue weighted by Gasteiger charge is -2.27. The number of carbonyl (C=O) groups excluding carboxylic acids is 4. The van der Waals surface area contributed by atoms with Crippen LogP contribution in [0, 0.1) is 0 Å². The number of aromatic nitrogens is 1. The summed E-state index contributed by atoms with van der Waals surface area (Å²) in [4.78, 5) is 61.7. The largest absolute Gasteiger partial charge is 0.573 e. The molecule has 1 saturated carbocycles. The van der Waals surface area contributed by atoms with E-state index in [0.29, 0.717) is 35.4 Å². The van der Waals surface area contributed by atoms with Gasteiger partial charge in [-0.2, -0.15) is 13.2 Å². The number of hydrogen-bond donors (Lipinski definition) is 1. The van der Waals surface area contributed by atoms with Crippen LogP contribution in [0.25, 0.3) is 0 Å². The lowest BCUT2D eigenvalue weighted by atomic mass is 9.95. The van der Waals surface area contributed by atoms with Gasteiger partial charge in [-0.05, 0) is 62.6 Å². The summed E-state index contributed by atoms with van der Waals surface area (Å²) in [5.74, 6) is -6.07. The second-order valence-corrected chi connectivity index (χ2v) is 10.9. The molecule has 1 aromatic carbocycles. The maximum atomic E-state index is 13.6. The van der Waals surface area contributed by atoms with Gasteiger partial charge in [0.15, 0.2) is 5.75 Å². The van der Waals surface area contributed by atoms with Gasteiger partial charge < -0.3 is 19.8 Å².